The van der Waals surface area contributed by atoms with E-state index in [9.17, 15) is 13.2 Å². The summed E-state index contributed by atoms with van der Waals surface area (Å²) in [6.07, 6.45) is 0. The summed E-state index contributed by atoms with van der Waals surface area (Å²) in [6, 6.07) is 24.6. The quantitative estimate of drug-likeness (QED) is 0.406. The molecule has 0 aliphatic carbocycles. The molecule has 0 saturated carbocycles. The van der Waals surface area contributed by atoms with Crippen LogP contribution in [0, 0.1) is 0 Å². The lowest BCUT2D eigenvalue weighted by Crippen LogP contribution is -2.28. The van der Waals surface area contributed by atoms with Crippen LogP contribution in [-0.4, -0.2) is 19.5 Å². The third-order valence-corrected chi connectivity index (χ3v) is 5.89. The number of amides is 1. The van der Waals surface area contributed by atoms with E-state index >= 15 is 0 Å². The summed E-state index contributed by atoms with van der Waals surface area (Å²) in [7, 11) is -3.92. The highest BCUT2D eigenvalue weighted by Crippen LogP contribution is 2.39. The van der Waals surface area contributed by atoms with Crippen molar-refractivity contribution < 1.29 is 17.7 Å². The van der Waals surface area contributed by atoms with Gasteiger partial charge in [0.2, 0.25) is 5.91 Å². The topological polar surface area (TPSA) is 114 Å². The first kappa shape index (κ1) is 21.1. The van der Waals surface area contributed by atoms with Crippen molar-refractivity contribution >= 4 is 27.3 Å². The molecule has 0 aliphatic rings. The van der Waals surface area contributed by atoms with Gasteiger partial charge >= 0.3 is 0 Å². The van der Waals surface area contributed by atoms with E-state index in [2.05, 4.69) is 15.4 Å². The molecule has 1 aromatic heterocycles. The van der Waals surface area contributed by atoms with Crippen LogP contribution >= 0.6 is 0 Å². The number of hydrogen-bond donors (Lipinski definition) is 1. The zero-order valence-electron chi connectivity index (χ0n) is 17.0. The molecule has 8 nitrogen and oxygen atoms in total. The fourth-order valence-electron chi connectivity index (χ4n) is 2.99. The lowest BCUT2D eigenvalue weighted by Gasteiger charge is -2.04. The number of sulfonamides is 1. The highest BCUT2D eigenvalue weighted by molar-refractivity contribution is 7.90. The molecule has 0 spiro atoms. The third kappa shape index (κ3) is 4.62. The van der Waals surface area contributed by atoms with Gasteiger partial charge in [0.15, 0.2) is 11.4 Å². The van der Waals surface area contributed by atoms with Crippen LogP contribution in [0.5, 0.6) is 0 Å². The minimum absolute atomic E-state index is 0.0495. The number of benzene rings is 3. The molecular weight excluding hydrogens is 428 g/mol. The highest BCUT2D eigenvalue weighted by atomic mass is 32.2. The van der Waals surface area contributed by atoms with E-state index in [1.54, 1.807) is 0 Å². The van der Waals surface area contributed by atoms with E-state index in [0.29, 0.717) is 22.8 Å². The lowest BCUT2D eigenvalue weighted by molar-refractivity contribution is -0.117. The molecule has 3 aromatic carbocycles. The number of aromatic nitrogens is 1. The molecule has 9 heteroatoms. The van der Waals surface area contributed by atoms with Crippen LogP contribution in [-0.2, 0) is 14.8 Å². The second kappa shape index (κ2) is 8.94. The summed E-state index contributed by atoms with van der Waals surface area (Å²) in [5.74, 6) is -0.193. The monoisotopic (exact) mass is 446 g/mol. The number of carbonyl (C=O) groups excluding carboxylic acids is 1. The molecule has 1 heterocycles. The van der Waals surface area contributed by atoms with Crippen LogP contribution in [0.1, 0.15) is 6.92 Å². The van der Waals surface area contributed by atoms with Gasteiger partial charge in [0, 0.05) is 18.1 Å². The minimum Gasteiger partial charge on any atom is -0.353 e. The number of carbonyl (C=O) groups is 1. The minimum atomic E-state index is -3.92. The fraction of sp³-hybridized carbons (Fsp3) is 0.0435. The molecular formula is C23H18N4O4S. The van der Waals surface area contributed by atoms with Gasteiger partial charge in [0.05, 0.1) is 10.6 Å². The molecule has 0 atom stereocenters. The first-order valence-corrected chi connectivity index (χ1v) is 11.1. The zero-order valence-corrected chi connectivity index (χ0v) is 17.8. The van der Waals surface area contributed by atoms with E-state index in [-0.39, 0.29) is 4.90 Å². The van der Waals surface area contributed by atoms with Gasteiger partial charge in [-0.2, -0.15) is 5.11 Å². The molecule has 0 bridgehead atoms. The average molecular weight is 446 g/mol. The van der Waals surface area contributed by atoms with E-state index in [0.717, 1.165) is 18.1 Å². The molecule has 0 unspecified atom stereocenters. The smallest absolute Gasteiger partial charge is 0.264 e. The number of nitrogens with zero attached hydrogens (tertiary/aromatic N) is 3. The van der Waals surface area contributed by atoms with Crippen molar-refractivity contribution in [3.63, 3.8) is 0 Å². The second-order valence-electron chi connectivity index (χ2n) is 6.80. The van der Waals surface area contributed by atoms with Crippen LogP contribution < -0.4 is 4.72 Å². The zero-order chi connectivity index (χ0) is 22.6. The van der Waals surface area contributed by atoms with Crippen molar-refractivity contribution in [2.24, 2.45) is 10.2 Å². The summed E-state index contributed by atoms with van der Waals surface area (Å²) < 4.78 is 31.7. The summed E-state index contributed by atoms with van der Waals surface area (Å²) in [4.78, 5) is 11.0. The molecule has 4 rings (SSSR count). The van der Waals surface area contributed by atoms with Crippen LogP contribution in [0.15, 0.2) is 105 Å². The SMILES string of the molecule is CC(=O)NS(=O)(=O)c1ccc(N=Nc2c(-c3ccccc3)noc2-c2ccccc2)cc1. The summed E-state index contributed by atoms with van der Waals surface area (Å²) in [5.41, 5.74) is 3.04. The van der Waals surface area contributed by atoms with Crippen LogP contribution in [0.25, 0.3) is 22.6 Å². The standard InChI is InChI=1S/C23H18N4O4S/c1-16(28)27-32(29,30)20-14-12-19(13-15-20)24-25-22-21(17-8-4-2-5-9-17)26-31-23(22)18-10-6-3-7-11-18/h2-15H,1H3,(H,27,28). The highest BCUT2D eigenvalue weighted by Gasteiger charge is 2.19. The van der Waals surface area contributed by atoms with Crippen molar-refractivity contribution in [1.29, 1.82) is 0 Å². The second-order valence-corrected chi connectivity index (χ2v) is 8.48. The van der Waals surface area contributed by atoms with Gasteiger partial charge in [-0.05, 0) is 24.3 Å². The van der Waals surface area contributed by atoms with Crippen molar-refractivity contribution in [2.75, 3.05) is 0 Å². The number of azo groups is 1. The Balaban J connectivity index is 1.70. The van der Waals surface area contributed by atoms with Crippen LogP contribution in [0.4, 0.5) is 11.4 Å². The molecule has 160 valence electrons. The Hall–Kier alpha value is -4.11. The molecule has 0 saturated heterocycles. The predicted octanol–water partition coefficient (Wildman–Crippen LogP) is 5.25. The van der Waals surface area contributed by atoms with Gasteiger partial charge in [-0.15, -0.1) is 5.11 Å². The first-order chi connectivity index (χ1) is 15.4. The van der Waals surface area contributed by atoms with Gasteiger partial charge in [-0.3, -0.25) is 4.79 Å². The van der Waals surface area contributed by atoms with Gasteiger partial charge in [0.1, 0.15) is 5.69 Å². The molecule has 4 aromatic rings. The molecule has 1 amide bonds. The van der Waals surface area contributed by atoms with E-state index < -0.39 is 15.9 Å². The van der Waals surface area contributed by atoms with Gasteiger partial charge in [-0.1, -0.05) is 65.8 Å². The Morgan fingerprint density at radius 3 is 2.03 bits per heavy atom. The van der Waals surface area contributed by atoms with E-state index in [1.165, 1.54) is 24.3 Å². The maximum absolute atomic E-state index is 12.1. The van der Waals surface area contributed by atoms with E-state index in [1.807, 2.05) is 65.4 Å². The number of rotatable bonds is 6. The Labute approximate surface area is 184 Å². The summed E-state index contributed by atoms with van der Waals surface area (Å²) in [5, 5.41) is 12.8. The maximum atomic E-state index is 12.1. The Morgan fingerprint density at radius 2 is 1.44 bits per heavy atom. The Bertz CT molecular complexity index is 1310. The lowest BCUT2D eigenvalue weighted by atomic mass is 10.1. The molecule has 32 heavy (non-hydrogen) atoms. The fourth-order valence-corrected chi connectivity index (χ4v) is 3.98. The molecule has 0 aliphatic heterocycles. The first-order valence-electron chi connectivity index (χ1n) is 9.60. The summed E-state index contributed by atoms with van der Waals surface area (Å²) in [6.45, 7) is 1.13. The summed E-state index contributed by atoms with van der Waals surface area (Å²) >= 11 is 0. The van der Waals surface area contributed by atoms with Crippen molar-refractivity contribution in [1.82, 2.24) is 9.88 Å². The normalized spacial score (nSPS) is 11.5. The predicted molar refractivity (Wildman–Crippen MR) is 119 cm³/mol. The maximum Gasteiger partial charge on any atom is 0.264 e. The van der Waals surface area contributed by atoms with Crippen molar-refractivity contribution in [3.8, 4) is 22.6 Å². The van der Waals surface area contributed by atoms with Crippen LogP contribution in [0.2, 0.25) is 0 Å². The van der Waals surface area contributed by atoms with E-state index in [4.69, 9.17) is 4.52 Å². The average Bonchev–Trinajstić information content (AvgIpc) is 3.22. The van der Waals surface area contributed by atoms with Crippen molar-refractivity contribution in [3.05, 3.63) is 84.9 Å². The molecule has 1 N–H and O–H groups in total. The van der Waals surface area contributed by atoms with Gasteiger partial charge < -0.3 is 4.52 Å². The third-order valence-electron chi connectivity index (χ3n) is 4.44. The Morgan fingerprint density at radius 1 is 0.844 bits per heavy atom. The molecule has 0 radical (unpaired) electrons. The number of nitrogens with one attached hydrogen (secondary N) is 1. The number of hydrogen-bond acceptors (Lipinski definition) is 7. The largest absolute Gasteiger partial charge is 0.353 e. The van der Waals surface area contributed by atoms with Crippen LogP contribution in [0.3, 0.4) is 0 Å². The Kier molecular flexibility index (Phi) is 5.91. The molecule has 0 fully saturated rings. The van der Waals surface area contributed by atoms with Crippen molar-refractivity contribution in [2.45, 2.75) is 11.8 Å². The van der Waals surface area contributed by atoms with Gasteiger partial charge in [0.25, 0.3) is 10.0 Å². The van der Waals surface area contributed by atoms with Gasteiger partial charge in [-0.25, -0.2) is 13.1 Å².